The molecule has 0 amide bonds. The molecule has 0 fully saturated rings. The number of hydrogen-bond acceptors (Lipinski definition) is 10. The average molecular weight is 677 g/mol. The number of halogens is 1. The van der Waals surface area contributed by atoms with Crippen molar-refractivity contribution in [2.75, 3.05) is 52.3 Å². The molecule has 0 aliphatic rings. The van der Waals surface area contributed by atoms with Gasteiger partial charge in [0.15, 0.2) is 22.4 Å². The van der Waals surface area contributed by atoms with Crippen molar-refractivity contribution in [3.8, 4) is 17.6 Å². The van der Waals surface area contributed by atoms with Gasteiger partial charge in [-0.15, -0.1) is 11.3 Å². The number of para-hydroxylation sites is 1. The number of likely N-dealkylation sites (N-methyl/N-ethyl adjacent to an activating group) is 2. The number of aromatic carboxylic acids is 1. The number of nitrogens with two attached hydrogens (primary N) is 1. The second-order valence-electron chi connectivity index (χ2n) is 10.7. The lowest BCUT2D eigenvalue weighted by atomic mass is 10.2. The maximum absolute atomic E-state index is 14.6. The Labute approximate surface area is 281 Å². The number of rotatable bonds is 14. The summed E-state index contributed by atoms with van der Waals surface area (Å²) in [6.45, 7) is 4.14. The summed E-state index contributed by atoms with van der Waals surface area (Å²) in [6.07, 6.45) is 2.32. The Morgan fingerprint density at radius 1 is 1.21 bits per heavy atom. The molecule has 5 N–H and O–H groups in total. The number of benzene rings is 2. The molecule has 2 heterocycles. The van der Waals surface area contributed by atoms with Crippen molar-refractivity contribution in [3.63, 3.8) is 0 Å². The van der Waals surface area contributed by atoms with E-state index in [-0.39, 0.29) is 29.7 Å². The first kappa shape index (κ1) is 35.2. The first-order valence-electron chi connectivity index (χ1n) is 14.7. The third-order valence-corrected chi connectivity index (χ3v) is 8.83. The van der Waals surface area contributed by atoms with Gasteiger partial charge in [0.05, 0.1) is 23.4 Å². The number of carbonyl (C=O) groups is 1. The van der Waals surface area contributed by atoms with Crippen LogP contribution in [0.3, 0.4) is 0 Å². The summed E-state index contributed by atoms with van der Waals surface area (Å²) in [6, 6.07) is 12.3. The first-order valence-corrected chi connectivity index (χ1v) is 16.4. The molecule has 0 unspecified atom stereocenters. The standard InChI is InChI=1S/C33H37FN8O3S2/c1-21(30(36)40-32-38-24-10-5-6-11-26(24)46-32)19-28(35)42(4)33-39-29(31(43)44)27(47-33)12-8-18-45-25-14-13-22(20-23(25)34)9-7-15-37-16-17-41(2)3/h5-6,10-11,13-14,19-20,35,37H,8,12,15-18H2,1-4H3,(H,43,44)(H2,36,38,40)/b21-19-,35-28?. The van der Waals surface area contributed by atoms with Gasteiger partial charge < -0.3 is 30.7 Å². The highest BCUT2D eigenvalue weighted by atomic mass is 32.1. The van der Waals surface area contributed by atoms with E-state index in [0.29, 0.717) is 45.7 Å². The Morgan fingerprint density at radius 2 is 2.00 bits per heavy atom. The minimum Gasteiger partial charge on any atom is -0.491 e. The van der Waals surface area contributed by atoms with E-state index in [9.17, 15) is 14.3 Å². The van der Waals surface area contributed by atoms with Gasteiger partial charge in [0, 0.05) is 30.6 Å². The van der Waals surface area contributed by atoms with Crippen LogP contribution >= 0.6 is 22.7 Å². The smallest absolute Gasteiger partial charge is 0.355 e. The zero-order valence-electron chi connectivity index (χ0n) is 26.6. The van der Waals surface area contributed by atoms with E-state index in [2.05, 4.69) is 37.0 Å². The number of thiazole rings is 2. The minimum absolute atomic E-state index is 0.0507. The Kier molecular flexibility index (Phi) is 12.5. The van der Waals surface area contributed by atoms with E-state index in [1.54, 1.807) is 26.1 Å². The number of aryl methyl sites for hydroxylation is 1. The topological polar surface area (TPSA) is 153 Å². The SMILES string of the molecule is C/C(=C/C(=N)N(C)c1nc(C(=O)O)c(CCCOc2ccc(C#CCNCCN(C)C)cc2F)s1)C(N)=Nc1nc2ccccc2s1. The fourth-order valence-corrected chi connectivity index (χ4v) is 6.03. The van der Waals surface area contributed by atoms with Crippen molar-refractivity contribution in [3.05, 3.63) is 76.1 Å². The quantitative estimate of drug-likeness (QED) is 0.0615. The van der Waals surface area contributed by atoms with Crippen LogP contribution in [0.25, 0.3) is 10.2 Å². The van der Waals surface area contributed by atoms with Crippen molar-refractivity contribution >= 4 is 60.8 Å². The molecule has 0 saturated carbocycles. The molecule has 0 aliphatic carbocycles. The van der Waals surface area contributed by atoms with Crippen molar-refractivity contribution in [2.24, 2.45) is 10.7 Å². The minimum atomic E-state index is -1.17. The maximum atomic E-state index is 14.6. The number of ether oxygens (including phenoxy) is 1. The van der Waals surface area contributed by atoms with Crippen molar-refractivity contribution in [1.82, 2.24) is 20.2 Å². The summed E-state index contributed by atoms with van der Waals surface area (Å²) in [4.78, 5) is 29.2. The fraction of sp³-hybridized carbons (Fsp3) is 0.303. The number of nitrogens with one attached hydrogen (secondary N) is 2. The second kappa shape index (κ2) is 16.8. The Balaban J connectivity index is 1.32. The summed E-state index contributed by atoms with van der Waals surface area (Å²) in [5.74, 6) is 4.60. The average Bonchev–Trinajstić information content (AvgIpc) is 3.65. The van der Waals surface area contributed by atoms with Crippen molar-refractivity contribution in [2.45, 2.75) is 19.8 Å². The predicted octanol–water partition coefficient (Wildman–Crippen LogP) is 5.15. The normalized spacial score (nSPS) is 11.9. The Morgan fingerprint density at radius 3 is 2.72 bits per heavy atom. The summed E-state index contributed by atoms with van der Waals surface area (Å²) in [5, 5.41) is 22.4. The Hall–Kier alpha value is -4.68. The molecule has 246 valence electrons. The van der Waals surface area contributed by atoms with Crippen LogP contribution < -0.4 is 20.7 Å². The number of nitrogens with zero attached hydrogens (tertiary/aromatic N) is 5. The number of aliphatic imine (C=N–C) groups is 1. The van der Waals surface area contributed by atoms with Crippen LogP contribution in [-0.2, 0) is 6.42 Å². The number of aromatic nitrogens is 2. The lowest BCUT2D eigenvalue weighted by Crippen LogP contribution is -2.26. The second-order valence-corrected chi connectivity index (χ2v) is 12.8. The molecule has 4 rings (SSSR count). The highest BCUT2D eigenvalue weighted by Gasteiger charge is 2.21. The van der Waals surface area contributed by atoms with Crippen LogP contribution in [-0.4, -0.2) is 85.0 Å². The van der Waals surface area contributed by atoms with Crippen molar-refractivity contribution in [1.29, 1.82) is 5.41 Å². The van der Waals surface area contributed by atoms with Crippen LogP contribution in [0.5, 0.6) is 5.75 Å². The molecule has 4 aromatic rings. The molecular formula is C33H37FN8O3S2. The van der Waals surface area contributed by atoms with Gasteiger partial charge in [0.1, 0.15) is 11.7 Å². The van der Waals surface area contributed by atoms with Gasteiger partial charge in [-0.2, -0.15) is 0 Å². The maximum Gasteiger partial charge on any atom is 0.355 e. The number of amidine groups is 2. The van der Waals surface area contributed by atoms with Gasteiger partial charge >= 0.3 is 5.97 Å². The zero-order chi connectivity index (χ0) is 33.9. The number of anilines is 1. The third-order valence-electron chi connectivity index (χ3n) is 6.71. The Bertz CT molecular complexity index is 1820. The van der Waals surface area contributed by atoms with Crippen LogP contribution in [0, 0.1) is 23.1 Å². The van der Waals surface area contributed by atoms with Crippen LogP contribution in [0.15, 0.2) is 59.1 Å². The molecule has 47 heavy (non-hydrogen) atoms. The summed E-state index contributed by atoms with van der Waals surface area (Å²) in [5.41, 5.74) is 8.04. The fourth-order valence-electron chi connectivity index (χ4n) is 4.11. The van der Waals surface area contributed by atoms with Crippen LogP contribution in [0.4, 0.5) is 14.7 Å². The van der Waals surface area contributed by atoms with Gasteiger partial charge in [-0.1, -0.05) is 35.3 Å². The lowest BCUT2D eigenvalue weighted by Gasteiger charge is -2.14. The molecule has 2 aromatic heterocycles. The molecule has 0 radical (unpaired) electrons. The van der Waals surface area contributed by atoms with E-state index < -0.39 is 11.8 Å². The van der Waals surface area contributed by atoms with Crippen LogP contribution in [0.2, 0.25) is 0 Å². The monoisotopic (exact) mass is 676 g/mol. The molecular weight excluding hydrogens is 640 g/mol. The van der Waals surface area contributed by atoms with E-state index in [1.165, 1.54) is 39.7 Å². The highest BCUT2D eigenvalue weighted by Crippen LogP contribution is 2.29. The van der Waals surface area contributed by atoms with Gasteiger partial charge in [-0.3, -0.25) is 5.41 Å². The molecule has 0 aliphatic heterocycles. The van der Waals surface area contributed by atoms with Gasteiger partial charge in [-0.25, -0.2) is 24.1 Å². The summed E-state index contributed by atoms with van der Waals surface area (Å²) >= 11 is 2.59. The van der Waals surface area contributed by atoms with Crippen LogP contribution in [0.1, 0.15) is 34.3 Å². The van der Waals surface area contributed by atoms with Gasteiger partial charge in [-0.05, 0) is 75.8 Å². The van der Waals surface area contributed by atoms with Gasteiger partial charge in [0.25, 0.3) is 0 Å². The third kappa shape index (κ3) is 10.2. The highest BCUT2D eigenvalue weighted by molar-refractivity contribution is 7.22. The molecule has 0 saturated heterocycles. The molecule has 2 aromatic carbocycles. The number of carboxylic acids is 1. The van der Waals surface area contributed by atoms with E-state index in [0.717, 1.165) is 23.3 Å². The summed E-state index contributed by atoms with van der Waals surface area (Å²) < 4.78 is 21.2. The van der Waals surface area contributed by atoms with Gasteiger partial charge in [0.2, 0.25) is 5.13 Å². The molecule has 0 bridgehead atoms. The number of fused-ring (bicyclic) bond motifs is 1. The molecule has 0 spiro atoms. The van der Waals surface area contributed by atoms with E-state index >= 15 is 0 Å². The number of hydrogen-bond donors (Lipinski definition) is 4. The van der Waals surface area contributed by atoms with Crippen molar-refractivity contribution < 1.29 is 19.0 Å². The largest absolute Gasteiger partial charge is 0.491 e. The van der Waals surface area contributed by atoms with E-state index in [1.807, 2.05) is 38.4 Å². The summed E-state index contributed by atoms with van der Waals surface area (Å²) in [7, 11) is 5.62. The van der Waals surface area contributed by atoms with E-state index in [4.69, 9.17) is 15.9 Å². The molecule has 14 heteroatoms. The zero-order valence-corrected chi connectivity index (χ0v) is 28.3. The molecule has 11 nitrogen and oxygen atoms in total. The lowest BCUT2D eigenvalue weighted by molar-refractivity contribution is 0.0690. The first-order chi connectivity index (χ1) is 22.5. The number of carboxylic acid groups (broad SMARTS) is 1. The predicted molar refractivity (Wildman–Crippen MR) is 188 cm³/mol. The molecule has 0 atom stereocenters.